The van der Waals surface area contributed by atoms with Gasteiger partial charge in [0.1, 0.15) is 0 Å². The lowest BCUT2D eigenvalue weighted by Crippen LogP contribution is -2.74. The number of aryl methyl sites for hydroxylation is 2. The van der Waals surface area contributed by atoms with Crippen LogP contribution in [0.5, 0.6) is 0 Å². The molecule has 0 amide bonds. The molecule has 0 saturated carbocycles. The van der Waals surface area contributed by atoms with Crippen molar-refractivity contribution in [3.05, 3.63) is 139 Å². The highest BCUT2D eigenvalue weighted by molar-refractivity contribution is 7.19. The number of pyridine rings is 1. The number of rotatable bonds is 5. The maximum Gasteiger partial charge on any atom is 0.179 e. The van der Waals surface area contributed by atoms with E-state index in [-0.39, 0.29) is 0 Å². The van der Waals surface area contributed by atoms with Gasteiger partial charge in [-0.25, -0.2) is 0 Å². The van der Waals surface area contributed by atoms with Gasteiger partial charge in [-0.1, -0.05) is 115 Å². The topological polar surface area (TPSA) is 12.9 Å². The smallest absolute Gasteiger partial charge is 0.179 e. The highest BCUT2D eigenvalue weighted by Crippen LogP contribution is 2.19. The van der Waals surface area contributed by atoms with Crippen molar-refractivity contribution >= 4 is 28.8 Å². The van der Waals surface area contributed by atoms with Crippen LogP contribution in [0.25, 0.3) is 11.3 Å². The third kappa shape index (κ3) is 3.83. The molecule has 1 heterocycles. The average molecular weight is 442 g/mol. The van der Waals surface area contributed by atoms with E-state index in [1.807, 2.05) is 6.20 Å². The van der Waals surface area contributed by atoms with E-state index in [1.165, 1.54) is 31.9 Å². The fourth-order valence-corrected chi connectivity index (χ4v) is 9.48. The molecule has 0 fully saturated rings. The van der Waals surface area contributed by atoms with Crippen molar-refractivity contribution in [3.63, 3.8) is 0 Å². The number of benzene rings is 4. The second kappa shape index (κ2) is 9.01. The molecule has 5 rings (SSSR count). The van der Waals surface area contributed by atoms with E-state index < -0.39 is 8.07 Å². The van der Waals surface area contributed by atoms with Crippen molar-refractivity contribution in [1.82, 2.24) is 4.98 Å². The summed E-state index contributed by atoms with van der Waals surface area (Å²) in [5, 5.41) is 5.54. The summed E-state index contributed by atoms with van der Waals surface area (Å²) in [4.78, 5) is 4.69. The molecule has 33 heavy (non-hydrogen) atoms. The van der Waals surface area contributed by atoms with Gasteiger partial charge in [0.05, 0.1) is 5.69 Å². The zero-order valence-corrected chi connectivity index (χ0v) is 20.1. The summed E-state index contributed by atoms with van der Waals surface area (Å²) in [6.45, 7) is 4.25. The Kier molecular flexibility index (Phi) is 5.76. The molecule has 4 aromatic carbocycles. The molecular formula is C31H27NSi. The van der Waals surface area contributed by atoms with Crippen LogP contribution in [0.2, 0.25) is 0 Å². The van der Waals surface area contributed by atoms with Gasteiger partial charge in [-0.15, -0.1) is 0 Å². The van der Waals surface area contributed by atoms with Gasteiger partial charge >= 0.3 is 0 Å². The summed E-state index contributed by atoms with van der Waals surface area (Å²) in [5.74, 6) is 0. The van der Waals surface area contributed by atoms with Crippen LogP contribution in [0.15, 0.2) is 128 Å². The molecule has 0 aliphatic carbocycles. The van der Waals surface area contributed by atoms with Crippen molar-refractivity contribution in [2.75, 3.05) is 0 Å². The van der Waals surface area contributed by atoms with Gasteiger partial charge in [-0.3, -0.25) is 4.98 Å². The van der Waals surface area contributed by atoms with Gasteiger partial charge in [0.15, 0.2) is 8.07 Å². The van der Waals surface area contributed by atoms with Crippen LogP contribution in [-0.2, 0) is 0 Å². The minimum absolute atomic E-state index is 1.02. The Morgan fingerprint density at radius 2 is 0.909 bits per heavy atom. The fourth-order valence-electron chi connectivity index (χ4n) is 4.74. The minimum atomic E-state index is -2.46. The third-order valence-electron chi connectivity index (χ3n) is 6.61. The lowest BCUT2D eigenvalue weighted by Gasteiger charge is -2.34. The molecule has 0 aliphatic heterocycles. The normalized spacial score (nSPS) is 11.3. The molecule has 0 aliphatic rings. The molecular weight excluding hydrogens is 414 g/mol. The third-order valence-corrected chi connectivity index (χ3v) is 11.4. The molecule has 0 atom stereocenters. The molecule has 5 aromatic rings. The second-order valence-corrected chi connectivity index (χ2v) is 12.4. The fraction of sp³-hybridized carbons (Fsp3) is 0.0645. The molecule has 2 heteroatoms. The molecule has 160 valence electrons. The van der Waals surface area contributed by atoms with E-state index in [0.29, 0.717) is 0 Å². The summed E-state index contributed by atoms with van der Waals surface area (Å²) in [5.41, 5.74) is 4.67. The van der Waals surface area contributed by atoms with Gasteiger partial charge in [0.25, 0.3) is 0 Å². The Balaban J connectivity index is 1.75. The highest BCUT2D eigenvalue weighted by atomic mass is 28.3. The number of nitrogens with zero attached hydrogens (tertiary/aromatic N) is 1. The number of aromatic nitrogens is 1. The van der Waals surface area contributed by atoms with Gasteiger partial charge < -0.3 is 0 Å². The zero-order chi connectivity index (χ0) is 22.7. The van der Waals surface area contributed by atoms with E-state index in [9.17, 15) is 0 Å². The van der Waals surface area contributed by atoms with Crippen molar-refractivity contribution < 1.29 is 0 Å². The molecule has 0 saturated heterocycles. The van der Waals surface area contributed by atoms with Crippen LogP contribution in [0.1, 0.15) is 11.1 Å². The Morgan fingerprint density at radius 3 is 1.33 bits per heavy atom. The first-order chi connectivity index (χ1) is 16.2. The first kappa shape index (κ1) is 21.1. The van der Waals surface area contributed by atoms with Crippen molar-refractivity contribution in [3.8, 4) is 11.3 Å². The largest absolute Gasteiger partial charge is 0.256 e. The van der Waals surface area contributed by atoms with E-state index in [1.54, 1.807) is 0 Å². The predicted molar refractivity (Wildman–Crippen MR) is 143 cm³/mol. The molecule has 0 unspecified atom stereocenters. The number of hydrogen-bond donors (Lipinski definition) is 0. The summed E-state index contributed by atoms with van der Waals surface area (Å²) < 4.78 is 0. The highest BCUT2D eigenvalue weighted by Gasteiger charge is 2.41. The minimum Gasteiger partial charge on any atom is -0.256 e. The molecule has 0 spiro atoms. The Morgan fingerprint density at radius 1 is 0.485 bits per heavy atom. The first-order valence-corrected chi connectivity index (χ1v) is 13.4. The van der Waals surface area contributed by atoms with Gasteiger partial charge in [0.2, 0.25) is 0 Å². The van der Waals surface area contributed by atoms with Crippen molar-refractivity contribution in [1.29, 1.82) is 0 Å². The van der Waals surface area contributed by atoms with E-state index >= 15 is 0 Å². The van der Waals surface area contributed by atoms with Gasteiger partial charge in [0, 0.05) is 11.8 Å². The van der Waals surface area contributed by atoms with Gasteiger partial charge in [-0.05, 0) is 51.8 Å². The first-order valence-electron chi connectivity index (χ1n) is 11.4. The predicted octanol–water partition coefficient (Wildman–Crippen LogP) is 4.74. The van der Waals surface area contributed by atoms with Crippen LogP contribution in [0.4, 0.5) is 0 Å². The zero-order valence-electron chi connectivity index (χ0n) is 19.1. The molecule has 0 bridgehead atoms. The second-order valence-electron chi connectivity index (χ2n) is 8.58. The lowest BCUT2D eigenvalue weighted by molar-refractivity contribution is 1.22. The SMILES string of the molecule is Cc1cnc(-c2ccc([Si](c3ccccc3)(c3ccccc3)c3ccccc3)cc2)cc1C. The van der Waals surface area contributed by atoms with Crippen LogP contribution in [0, 0.1) is 13.8 Å². The van der Waals surface area contributed by atoms with Crippen LogP contribution >= 0.6 is 0 Å². The standard InChI is InChI=1S/C31H27NSi/c1-24-22-31(32-23-25(24)2)26-18-20-30(21-19-26)33(27-12-6-3-7-13-27,28-14-8-4-9-15-28)29-16-10-5-11-17-29/h3-23H,1-2H3. The maximum absolute atomic E-state index is 4.69. The molecule has 0 N–H and O–H groups in total. The lowest BCUT2D eigenvalue weighted by atomic mass is 10.1. The summed E-state index contributed by atoms with van der Waals surface area (Å²) in [6.07, 6.45) is 1.97. The average Bonchev–Trinajstić information content (AvgIpc) is 2.89. The Hall–Kier alpha value is -3.75. The Bertz CT molecular complexity index is 1250. The quantitative estimate of drug-likeness (QED) is 0.284. The molecule has 1 aromatic heterocycles. The summed E-state index contributed by atoms with van der Waals surface area (Å²) >= 11 is 0. The van der Waals surface area contributed by atoms with E-state index in [4.69, 9.17) is 0 Å². The summed E-state index contributed by atoms with van der Waals surface area (Å²) in [7, 11) is -2.46. The van der Waals surface area contributed by atoms with Crippen LogP contribution in [-0.4, -0.2) is 13.1 Å². The molecule has 1 nitrogen and oxygen atoms in total. The van der Waals surface area contributed by atoms with Crippen LogP contribution < -0.4 is 20.7 Å². The Labute approximate surface area is 197 Å². The van der Waals surface area contributed by atoms with E-state index in [2.05, 4.69) is 140 Å². The molecule has 0 radical (unpaired) electrons. The maximum atomic E-state index is 4.69. The monoisotopic (exact) mass is 441 g/mol. The van der Waals surface area contributed by atoms with Gasteiger partial charge in [-0.2, -0.15) is 0 Å². The summed E-state index contributed by atoms with van der Waals surface area (Å²) in [6, 6.07) is 44.4. The van der Waals surface area contributed by atoms with Crippen LogP contribution in [0.3, 0.4) is 0 Å². The van der Waals surface area contributed by atoms with Crippen molar-refractivity contribution in [2.45, 2.75) is 13.8 Å². The number of hydrogen-bond acceptors (Lipinski definition) is 1. The van der Waals surface area contributed by atoms with Crippen molar-refractivity contribution in [2.24, 2.45) is 0 Å². The van der Waals surface area contributed by atoms with E-state index in [0.717, 1.165) is 11.3 Å².